The van der Waals surface area contributed by atoms with E-state index in [9.17, 15) is 9.90 Å². The molecule has 6 nitrogen and oxygen atoms in total. The molecule has 0 bridgehead atoms. The molecule has 2 rings (SSSR count). The van der Waals surface area contributed by atoms with Gasteiger partial charge in [0.25, 0.3) is 0 Å². The lowest BCUT2D eigenvalue weighted by atomic mass is 10.1. The minimum absolute atomic E-state index is 0.119. The Morgan fingerprint density at radius 3 is 2.72 bits per heavy atom. The quantitative estimate of drug-likeness (QED) is 0.440. The largest absolute Gasteiger partial charge is 0.508 e. The molecule has 1 heterocycles. The van der Waals surface area contributed by atoms with Crippen molar-refractivity contribution in [2.45, 2.75) is 39.3 Å². The van der Waals surface area contributed by atoms with Crippen molar-refractivity contribution in [3.05, 3.63) is 36.0 Å². The molecule has 0 aliphatic heterocycles. The Bertz CT molecular complexity index is 722. The predicted octanol–water partition coefficient (Wildman–Crippen LogP) is 3.74. The summed E-state index contributed by atoms with van der Waals surface area (Å²) in [6.07, 6.45) is 1.63. The summed E-state index contributed by atoms with van der Waals surface area (Å²) in [7, 11) is -1.15. The Labute approximate surface area is 149 Å². The second-order valence-electron chi connectivity index (χ2n) is 7.05. The number of ether oxygens (including phenoxy) is 2. The van der Waals surface area contributed by atoms with Crippen LogP contribution in [0.3, 0.4) is 0 Å². The summed E-state index contributed by atoms with van der Waals surface area (Å²) in [6.45, 7) is 9.88. The van der Waals surface area contributed by atoms with Gasteiger partial charge in [-0.05, 0) is 25.1 Å². The lowest BCUT2D eigenvalue weighted by Crippen LogP contribution is -2.22. The Kier molecular flexibility index (Phi) is 6.38. The molecular formula is C18H26N2O4Si. The maximum atomic E-state index is 12.2. The van der Waals surface area contributed by atoms with E-state index in [1.807, 2.05) is 0 Å². The number of carbonyl (C=O) groups excluding carboxylic acids is 1. The van der Waals surface area contributed by atoms with Crippen molar-refractivity contribution in [1.82, 2.24) is 9.78 Å². The minimum atomic E-state index is -1.15. The van der Waals surface area contributed by atoms with Gasteiger partial charge in [0.15, 0.2) is 0 Å². The lowest BCUT2D eigenvalue weighted by Gasteiger charge is -2.15. The molecule has 0 saturated carbocycles. The van der Waals surface area contributed by atoms with E-state index < -0.39 is 14.0 Å². The van der Waals surface area contributed by atoms with Crippen molar-refractivity contribution >= 4 is 14.0 Å². The molecule has 0 radical (unpaired) electrons. The summed E-state index contributed by atoms with van der Waals surface area (Å²) in [6, 6.07) is 7.72. The molecule has 1 aromatic carbocycles. The molecule has 25 heavy (non-hydrogen) atoms. The molecule has 7 heteroatoms. The van der Waals surface area contributed by atoms with Crippen LogP contribution in [-0.4, -0.2) is 42.1 Å². The zero-order valence-electron chi connectivity index (χ0n) is 15.3. The second-order valence-corrected chi connectivity index (χ2v) is 12.7. The van der Waals surface area contributed by atoms with Gasteiger partial charge in [0.2, 0.25) is 0 Å². The van der Waals surface area contributed by atoms with Crippen molar-refractivity contribution < 1.29 is 19.4 Å². The van der Waals surface area contributed by atoms with Crippen LogP contribution in [0.4, 0.5) is 0 Å². The summed E-state index contributed by atoms with van der Waals surface area (Å²) < 4.78 is 12.4. The number of hydrogen-bond acceptors (Lipinski definition) is 5. The van der Waals surface area contributed by atoms with Gasteiger partial charge >= 0.3 is 5.97 Å². The highest BCUT2D eigenvalue weighted by Crippen LogP contribution is 2.26. The van der Waals surface area contributed by atoms with Gasteiger partial charge < -0.3 is 14.6 Å². The normalized spacial score (nSPS) is 11.5. The summed E-state index contributed by atoms with van der Waals surface area (Å²) in [5, 5.41) is 14.1. The van der Waals surface area contributed by atoms with E-state index >= 15 is 0 Å². The third-order valence-electron chi connectivity index (χ3n) is 3.60. The topological polar surface area (TPSA) is 73.6 Å². The molecule has 1 N–H and O–H groups in total. The lowest BCUT2D eigenvalue weighted by molar-refractivity contribution is 0.0525. The Morgan fingerprint density at radius 1 is 1.32 bits per heavy atom. The first-order valence-corrected chi connectivity index (χ1v) is 12.1. The number of phenolic OH excluding ortho intramolecular Hbond substituents is 1. The van der Waals surface area contributed by atoms with Gasteiger partial charge in [-0.1, -0.05) is 31.8 Å². The summed E-state index contributed by atoms with van der Waals surface area (Å²) >= 11 is 0. The Hall–Kier alpha value is -2.12. The zero-order chi connectivity index (χ0) is 18.4. The zero-order valence-corrected chi connectivity index (χ0v) is 16.3. The van der Waals surface area contributed by atoms with Crippen LogP contribution in [0.2, 0.25) is 25.7 Å². The van der Waals surface area contributed by atoms with E-state index in [-0.39, 0.29) is 19.1 Å². The van der Waals surface area contributed by atoms with E-state index in [4.69, 9.17) is 9.47 Å². The number of rotatable bonds is 8. The van der Waals surface area contributed by atoms with Crippen molar-refractivity contribution in [1.29, 1.82) is 0 Å². The maximum Gasteiger partial charge on any atom is 0.341 e. The van der Waals surface area contributed by atoms with E-state index in [2.05, 4.69) is 24.7 Å². The molecule has 2 aromatic rings. The molecule has 0 spiro atoms. The van der Waals surface area contributed by atoms with Crippen LogP contribution in [0, 0.1) is 0 Å². The van der Waals surface area contributed by atoms with E-state index in [1.54, 1.807) is 42.1 Å². The minimum Gasteiger partial charge on any atom is -0.508 e. The molecule has 0 unspecified atom stereocenters. The highest BCUT2D eigenvalue weighted by atomic mass is 28.3. The third-order valence-corrected chi connectivity index (χ3v) is 5.30. The van der Waals surface area contributed by atoms with Gasteiger partial charge in [-0.15, -0.1) is 0 Å². The van der Waals surface area contributed by atoms with Crippen LogP contribution in [0.1, 0.15) is 17.3 Å². The summed E-state index contributed by atoms with van der Waals surface area (Å²) in [5.41, 5.74) is 1.49. The fourth-order valence-electron chi connectivity index (χ4n) is 2.25. The summed E-state index contributed by atoms with van der Waals surface area (Å²) in [5.74, 6) is -0.317. The smallest absolute Gasteiger partial charge is 0.341 e. The van der Waals surface area contributed by atoms with Crippen molar-refractivity contribution in [2.75, 3.05) is 13.2 Å². The number of carbonyl (C=O) groups is 1. The fraction of sp³-hybridized carbons (Fsp3) is 0.444. The molecule has 0 saturated heterocycles. The van der Waals surface area contributed by atoms with Crippen LogP contribution in [-0.2, 0) is 16.2 Å². The third kappa shape index (κ3) is 5.72. The van der Waals surface area contributed by atoms with Crippen LogP contribution in [0.25, 0.3) is 11.3 Å². The molecule has 0 atom stereocenters. The van der Waals surface area contributed by atoms with Crippen LogP contribution in [0.5, 0.6) is 5.75 Å². The van der Waals surface area contributed by atoms with Gasteiger partial charge in [0.05, 0.1) is 6.61 Å². The first-order valence-electron chi connectivity index (χ1n) is 8.42. The number of nitrogens with zero attached hydrogens (tertiary/aromatic N) is 2. The van der Waals surface area contributed by atoms with Gasteiger partial charge in [-0.2, -0.15) is 5.10 Å². The van der Waals surface area contributed by atoms with Crippen LogP contribution < -0.4 is 0 Å². The maximum absolute atomic E-state index is 12.2. The highest BCUT2D eigenvalue weighted by Gasteiger charge is 2.19. The average Bonchev–Trinajstić information content (AvgIpc) is 2.95. The monoisotopic (exact) mass is 362 g/mol. The molecular weight excluding hydrogens is 336 g/mol. The highest BCUT2D eigenvalue weighted by molar-refractivity contribution is 6.76. The summed E-state index contributed by atoms with van der Waals surface area (Å²) in [4.78, 5) is 12.2. The van der Waals surface area contributed by atoms with Crippen molar-refractivity contribution in [3.8, 4) is 17.0 Å². The standard InChI is InChI=1S/C18H26N2O4Si/c1-5-24-18(22)16-12-20(13-23-9-10-25(2,3)4)19-17(16)14-7-6-8-15(21)11-14/h6-8,11-12,21H,5,9-10,13H2,1-4H3. The average molecular weight is 363 g/mol. The van der Waals surface area contributed by atoms with Gasteiger partial charge in [0, 0.05) is 26.4 Å². The van der Waals surface area contributed by atoms with Crippen molar-refractivity contribution in [3.63, 3.8) is 0 Å². The predicted molar refractivity (Wildman–Crippen MR) is 99.4 cm³/mol. The number of benzene rings is 1. The molecule has 1 aromatic heterocycles. The van der Waals surface area contributed by atoms with E-state index in [0.717, 1.165) is 6.04 Å². The van der Waals surface area contributed by atoms with E-state index in [0.29, 0.717) is 23.4 Å². The van der Waals surface area contributed by atoms with Gasteiger partial charge in [-0.3, -0.25) is 0 Å². The van der Waals surface area contributed by atoms with E-state index in [1.165, 1.54) is 0 Å². The molecule has 0 aliphatic carbocycles. The first kappa shape index (κ1) is 19.2. The number of phenols is 1. The number of aromatic hydroxyl groups is 1. The van der Waals surface area contributed by atoms with Crippen LogP contribution in [0.15, 0.2) is 30.5 Å². The number of esters is 1. The molecule has 0 aliphatic rings. The molecule has 0 fully saturated rings. The Balaban J connectivity index is 2.19. The first-order chi connectivity index (χ1) is 11.8. The molecule has 0 amide bonds. The van der Waals surface area contributed by atoms with Gasteiger partial charge in [0.1, 0.15) is 23.7 Å². The number of aromatic nitrogens is 2. The Morgan fingerprint density at radius 2 is 2.08 bits per heavy atom. The fourth-order valence-corrected chi connectivity index (χ4v) is 3.01. The number of hydrogen-bond donors (Lipinski definition) is 1. The SMILES string of the molecule is CCOC(=O)c1cn(COCC[Si](C)(C)C)nc1-c1cccc(O)c1. The second kappa shape index (κ2) is 8.31. The van der Waals surface area contributed by atoms with Crippen LogP contribution >= 0.6 is 0 Å². The van der Waals surface area contributed by atoms with Crippen molar-refractivity contribution in [2.24, 2.45) is 0 Å². The molecule has 136 valence electrons. The van der Waals surface area contributed by atoms with Gasteiger partial charge in [-0.25, -0.2) is 9.48 Å².